The Morgan fingerprint density at radius 2 is 2.29 bits per heavy atom. The third-order valence-electron chi connectivity index (χ3n) is 2.31. The van der Waals surface area contributed by atoms with Crippen LogP contribution in [0.3, 0.4) is 0 Å². The molecule has 1 aromatic rings. The zero-order valence-electron chi connectivity index (χ0n) is 7.64. The number of nitriles is 1. The molecule has 0 aliphatic heterocycles. The predicted molar refractivity (Wildman–Crippen MR) is 51.4 cm³/mol. The Hall–Kier alpha value is -1.67. The van der Waals surface area contributed by atoms with Crippen molar-refractivity contribution in [1.29, 1.82) is 5.26 Å². The molecule has 0 bridgehead atoms. The molecule has 0 unspecified atom stereocenters. The highest BCUT2D eigenvalue weighted by molar-refractivity contribution is 5.40. The van der Waals surface area contributed by atoms with E-state index in [1.807, 2.05) is 6.07 Å². The Bertz CT molecular complexity index is 364. The fourth-order valence-electron chi connectivity index (χ4n) is 1.49. The lowest BCUT2D eigenvalue weighted by atomic mass is 9.88. The number of anilines is 1. The third-order valence-corrected chi connectivity index (χ3v) is 2.31. The van der Waals surface area contributed by atoms with Crippen molar-refractivity contribution in [2.45, 2.75) is 24.9 Å². The van der Waals surface area contributed by atoms with Gasteiger partial charge in [-0.3, -0.25) is 0 Å². The topological polar surface area (TPSA) is 87.6 Å². The number of hydrogen-bond donors (Lipinski definition) is 2. The molecule has 1 saturated carbocycles. The summed E-state index contributed by atoms with van der Waals surface area (Å²) in [6.07, 6.45) is 3.32. The maximum atomic E-state index is 8.62. The van der Waals surface area contributed by atoms with Gasteiger partial charge in [-0.15, -0.1) is 0 Å². The van der Waals surface area contributed by atoms with Crippen molar-refractivity contribution in [3.05, 3.63) is 18.1 Å². The molecule has 14 heavy (non-hydrogen) atoms. The number of nitrogens with one attached hydrogen (secondary N) is 1. The highest BCUT2D eigenvalue weighted by Gasteiger charge is 2.25. The summed E-state index contributed by atoms with van der Waals surface area (Å²) in [6.45, 7) is 0. The molecular formula is C9H11N5. The van der Waals surface area contributed by atoms with Gasteiger partial charge in [-0.25, -0.2) is 9.97 Å². The maximum absolute atomic E-state index is 8.62. The van der Waals surface area contributed by atoms with E-state index in [2.05, 4.69) is 15.3 Å². The number of aromatic nitrogens is 2. The molecule has 1 aliphatic carbocycles. The molecule has 72 valence electrons. The largest absolute Gasteiger partial charge is 0.367 e. The second-order valence-electron chi connectivity index (χ2n) is 3.47. The van der Waals surface area contributed by atoms with Crippen molar-refractivity contribution >= 4 is 5.82 Å². The molecule has 3 N–H and O–H groups in total. The molecule has 0 radical (unpaired) electrons. The monoisotopic (exact) mass is 189 g/mol. The molecule has 1 aromatic heterocycles. The fraction of sp³-hybridized carbons (Fsp3) is 0.444. The van der Waals surface area contributed by atoms with Gasteiger partial charge in [0, 0.05) is 18.2 Å². The van der Waals surface area contributed by atoms with E-state index in [1.54, 1.807) is 6.07 Å². The van der Waals surface area contributed by atoms with Crippen molar-refractivity contribution < 1.29 is 0 Å². The average Bonchev–Trinajstić information content (AvgIpc) is 2.16. The van der Waals surface area contributed by atoms with E-state index in [0.717, 1.165) is 12.8 Å². The summed E-state index contributed by atoms with van der Waals surface area (Å²) < 4.78 is 0. The first kappa shape index (κ1) is 8.91. The minimum absolute atomic E-state index is 0.310. The quantitative estimate of drug-likeness (QED) is 0.696. The molecule has 0 atom stereocenters. The predicted octanol–water partition coefficient (Wildman–Crippen LogP) is 0.250. The van der Waals surface area contributed by atoms with Gasteiger partial charge >= 0.3 is 0 Å². The Morgan fingerprint density at radius 1 is 1.50 bits per heavy atom. The Morgan fingerprint density at radius 3 is 2.93 bits per heavy atom. The smallest absolute Gasteiger partial charge is 0.145 e. The molecular weight excluding hydrogens is 178 g/mol. The van der Waals surface area contributed by atoms with Gasteiger partial charge in [0.05, 0.1) is 0 Å². The van der Waals surface area contributed by atoms with Crippen LogP contribution in [0.4, 0.5) is 5.82 Å². The van der Waals surface area contributed by atoms with Gasteiger partial charge in [-0.1, -0.05) is 0 Å². The first-order valence-corrected chi connectivity index (χ1v) is 4.52. The van der Waals surface area contributed by atoms with E-state index in [-0.39, 0.29) is 0 Å². The number of nitrogens with zero attached hydrogens (tertiary/aromatic N) is 3. The maximum Gasteiger partial charge on any atom is 0.145 e. The highest BCUT2D eigenvalue weighted by Crippen LogP contribution is 2.21. The first-order chi connectivity index (χ1) is 6.78. The summed E-state index contributed by atoms with van der Waals surface area (Å²) in [5, 5.41) is 11.8. The van der Waals surface area contributed by atoms with Crippen LogP contribution in [-0.2, 0) is 0 Å². The summed E-state index contributed by atoms with van der Waals surface area (Å²) in [5.41, 5.74) is 6.03. The van der Waals surface area contributed by atoms with Crippen LogP contribution in [0.2, 0.25) is 0 Å². The molecule has 0 aromatic carbocycles. The summed E-state index contributed by atoms with van der Waals surface area (Å²) in [6, 6.07) is 4.32. The fourth-order valence-corrected chi connectivity index (χ4v) is 1.49. The van der Waals surface area contributed by atoms with Crippen LogP contribution in [0, 0.1) is 11.3 Å². The van der Waals surface area contributed by atoms with Gasteiger partial charge in [0.1, 0.15) is 23.9 Å². The summed E-state index contributed by atoms with van der Waals surface area (Å²) in [5.74, 6) is 0.702. The normalized spacial score (nSPS) is 24.9. The molecule has 0 saturated heterocycles. The molecule has 1 heterocycles. The lowest BCUT2D eigenvalue weighted by molar-refractivity contribution is 0.373. The van der Waals surface area contributed by atoms with Gasteiger partial charge in [0.15, 0.2) is 0 Å². The van der Waals surface area contributed by atoms with Gasteiger partial charge in [-0.2, -0.15) is 5.26 Å². The number of nitrogens with two attached hydrogens (primary N) is 1. The summed E-state index contributed by atoms with van der Waals surface area (Å²) in [7, 11) is 0. The molecule has 1 fully saturated rings. The van der Waals surface area contributed by atoms with Crippen LogP contribution < -0.4 is 11.1 Å². The van der Waals surface area contributed by atoms with Crippen LogP contribution in [-0.4, -0.2) is 22.1 Å². The average molecular weight is 189 g/mol. The van der Waals surface area contributed by atoms with Crippen LogP contribution in [0.5, 0.6) is 0 Å². The van der Waals surface area contributed by atoms with Crippen LogP contribution in [0.25, 0.3) is 0 Å². The Labute approximate surface area is 82.0 Å². The minimum Gasteiger partial charge on any atom is -0.367 e. The van der Waals surface area contributed by atoms with E-state index in [1.165, 1.54) is 6.33 Å². The lowest BCUT2D eigenvalue weighted by Crippen LogP contribution is -2.44. The van der Waals surface area contributed by atoms with E-state index < -0.39 is 0 Å². The van der Waals surface area contributed by atoms with Gasteiger partial charge in [0.2, 0.25) is 0 Å². The minimum atomic E-state index is 0.310. The van der Waals surface area contributed by atoms with Crippen molar-refractivity contribution in [1.82, 2.24) is 9.97 Å². The van der Waals surface area contributed by atoms with E-state index in [9.17, 15) is 0 Å². The zero-order valence-corrected chi connectivity index (χ0v) is 7.64. The van der Waals surface area contributed by atoms with Gasteiger partial charge in [0.25, 0.3) is 0 Å². The van der Waals surface area contributed by atoms with Crippen molar-refractivity contribution in [2.75, 3.05) is 5.32 Å². The zero-order chi connectivity index (χ0) is 9.97. The van der Waals surface area contributed by atoms with Crippen LogP contribution in [0.15, 0.2) is 12.4 Å². The third kappa shape index (κ3) is 1.80. The number of rotatable bonds is 2. The van der Waals surface area contributed by atoms with Gasteiger partial charge < -0.3 is 11.1 Å². The van der Waals surface area contributed by atoms with Gasteiger partial charge in [-0.05, 0) is 12.8 Å². The molecule has 1 aliphatic rings. The number of hydrogen-bond acceptors (Lipinski definition) is 5. The molecule has 0 spiro atoms. The summed E-state index contributed by atoms with van der Waals surface area (Å²) in [4.78, 5) is 7.81. The second-order valence-corrected chi connectivity index (χ2v) is 3.47. The molecule has 2 rings (SSSR count). The SMILES string of the molecule is N#Cc1cc(NC2CC(N)C2)ncn1. The summed E-state index contributed by atoms with van der Waals surface area (Å²) >= 11 is 0. The standard InChI is InChI=1S/C9H11N5/c10-4-8-3-9(13-5-12-8)14-7-1-6(11)2-7/h3,5-7H,1-2,11H2,(H,12,13,14). The van der Waals surface area contributed by atoms with Crippen LogP contribution >= 0.6 is 0 Å². The van der Waals surface area contributed by atoms with Crippen molar-refractivity contribution in [3.63, 3.8) is 0 Å². The Balaban J connectivity index is 2.00. The van der Waals surface area contributed by atoms with Crippen molar-refractivity contribution in [3.8, 4) is 6.07 Å². The second kappa shape index (κ2) is 3.60. The lowest BCUT2D eigenvalue weighted by Gasteiger charge is -2.33. The van der Waals surface area contributed by atoms with Crippen molar-refractivity contribution in [2.24, 2.45) is 5.73 Å². The molecule has 0 amide bonds. The van der Waals surface area contributed by atoms with Crippen LogP contribution in [0.1, 0.15) is 18.5 Å². The Kier molecular flexibility index (Phi) is 2.29. The first-order valence-electron chi connectivity index (χ1n) is 4.52. The molecule has 5 heteroatoms. The van der Waals surface area contributed by atoms with E-state index in [4.69, 9.17) is 11.0 Å². The van der Waals surface area contributed by atoms with E-state index in [0.29, 0.717) is 23.6 Å². The highest BCUT2D eigenvalue weighted by atomic mass is 15.1. The van der Waals surface area contributed by atoms with E-state index >= 15 is 0 Å². The molecule has 5 nitrogen and oxygen atoms in total.